The Labute approximate surface area is 137 Å². The minimum absolute atomic E-state index is 0.0261. The summed E-state index contributed by atoms with van der Waals surface area (Å²) in [5.41, 5.74) is 0.718. The third-order valence-electron chi connectivity index (χ3n) is 2.88. The molecular formula is C15H14BrNO4S. The van der Waals surface area contributed by atoms with E-state index in [1.807, 2.05) is 0 Å². The van der Waals surface area contributed by atoms with Crippen molar-refractivity contribution in [1.82, 2.24) is 4.72 Å². The third-order valence-corrected chi connectivity index (χ3v) is 4.83. The molecule has 0 aliphatic rings. The molecule has 1 N–H and O–H groups in total. The first kappa shape index (κ1) is 16.5. The fraction of sp³-hybridized carbons (Fsp3) is 0.133. The van der Waals surface area contributed by atoms with E-state index in [-0.39, 0.29) is 17.1 Å². The minimum Gasteiger partial charge on any atom is -0.495 e. The van der Waals surface area contributed by atoms with Gasteiger partial charge in [0.15, 0.2) is 0 Å². The second-order valence-electron chi connectivity index (χ2n) is 4.48. The van der Waals surface area contributed by atoms with Crippen molar-refractivity contribution in [2.24, 2.45) is 0 Å². The Morgan fingerprint density at radius 2 is 1.77 bits per heavy atom. The van der Waals surface area contributed by atoms with Crippen LogP contribution in [0.25, 0.3) is 0 Å². The summed E-state index contributed by atoms with van der Waals surface area (Å²) in [6, 6.07) is 13.2. The van der Waals surface area contributed by atoms with Gasteiger partial charge < -0.3 is 4.74 Å². The van der Waals surface area contributed by atoms with Crippen molar-refractivity contribution >= 4 is 31.9 Å². The Balaban J connectivity index is 2.14. The topological polar surface area (TPSA) is 72.5 Å². The minimum atomic E-state index is -3.96. The number of methoxy groups -OCH3 is 1. The first-order chi connectivity index (χ1) is 10.4. The van der Waals surface area contributed by atoms with Crippen LogP contribution in [0.3, 0.4) is 0 Å². The van der Waals surface area contributed by atoms with Crippen molar-refractivity contribution in [3.05, 3.63) is 58.6 Å². The molecule has 116 valence electrons. The van der Waals surface area contributed by atoms with Gasteiger partial charge in [0, 0.05) is 4.47 Å². The van der Waals surface area contributed by atoms with Gasteiger partial charge in [-0.05, 0) is 29.8 Å². The van der Waals surface area contributed by atoms with E-state index in [0.717, 1.165) is 10.0 Å². The smallest absolute Gasteiger partial charge is 0.267 e. The second kappa shape index (κ2) is 6.93. The fourth-order valence-corrected chi connectivity index (χ4v) is 3.29. The molecule has 2 rings (SSSR count). The number of para-hydroxylation sites is 1. The van der Waals surface area contributed by atoms with Crippen LogP contribution in [0.2, 0.25) is 0 Å². The lowest BCUT2D eigenvalue weighted by Crippen LogP contribution is -2.32. The Morgan fingerprint density at radius 1 is 1.14 bits per heavy atom. The highest BCUT2D eigenvalue weighted by molar-refractivity contribution is 9.10. The molecule has 0 saturated heterocycles. The standard InChI is InChI=1S/C15H14BrNO4S/c1-21-13-4-2-3-5-14(13)22(19,20)17-15(18)10-11-6-8-12(16)9-7-11/h2-9H,10H2,1H3,(H,17,18). The Hall–Kier alpha value is -1.86. The van der Waals surface area contributed by atoms with Crippen LogP contribution >= 0.6 is 15.9 Å². The fourth-order valence-electron chi connectivity index (χ4n) is 1.87. The molecule has 0 aliphatic carbocycles. The van der Waals surface area contributed by atoms with Gasteiger partial charge in [0.1, 0.15) is 10.6 Å². The summed E-state index contributed by atoms with van der Waals surface area (Å²) in [4.78, 5) is 11.9. The van der Waals surface area contributed by atoms with Crippen molar-refractivity contribution in [3.63, 3.8) is 0 Å². The summed E-state index contributed by atoms with van der Waals surface area (Å²) in [6.45, 7) is 0. The molecule has 0 spiro atoms. The molecule has 5 nitrogen and oxygen atoms in total. The number of halogens is 1. The summed E-state index contributed by atoms with van der Waals surface area (Å²) >= 11 is 3.30. The molecule has 22 heavy (non-hydrogen) atoms. The number of carbonyl (C=O) groups excluding carboxylic acids is 1. The van der Waals surface area contributed by atoms with E-state index in [4.69, 9.17) is 4.74 Å². The highest BCUT2D eigenvalue weighted by Crippen LogP contribution is 2.22. The largest absolute Gasteiger partial charge is 0.495 e. The Bertz CT molecular complexity index is 772. The van der Waals surface area contributed by atoms with Crippen LogP contribution < -0.4 is 9.46 Å². The molecule has 0 radical (unpaired) electrons. The van der Waals surface area contributed by atoms with E-state index >= 15 is 0 Å². The maximum Gasteiger partial charge on any atom is 0.267 e. The van der Waals surface area contributed by atoms with Crippen LogP contribution in [0, 0.1) is 0 Å². The molecule has 0 atom stereocenters. The van der Waals surface area contributed by atoms with Crippen LogP contribution in [0.15, 0.2) is 57.9 Å². The van der Waals surface area contributed by atoms with Crippen LogP contribution in [0.5, 0.6) is 5.75 Å². The van der Waals surface area contributed by atoms with Gasteiger partial charge in [0.25, 0.3) is 10.0 Å². The molecule has 1 amide bonds. The van der Waals surface area contributed by atoms with Crippen LogP contribution in [-0.2, 0) is 21.2 Å². The number of hydrogen-bond acceptors (Lipinski definition) is 4. The van der Waals surface area contributed by atoms with E-state index in [1.165, 1.54) is 19.2 Å². The van der Waals surface area contributed by atoms with E-state index < -0.39 is 15.9 Å². The number of amides is 1. The molecule has 0 saturated carbocycles. The lowest BCUT2D eigenvalue weighted by atomic mass is 10.1. The SMILES string of the molecule is COc1ccccc1S(=O)(=O)NC(=O)Cc1ccc(Br)cc1. The molecule has 0 aromatic heterocycles. The molecule has 0 aliphatic heterocycles. The van der Waals surface area contributed by atoms with Crippen LogP contribution in [0.4, 0.5) is 0 Å². The molecule has 2 aromatic carbocycles. The summed E-state index contributed by atoms with van der Waals surface area (Å²) in [6.07, 6.45) is -0.0261. The number of carbonyl (C=O) groups is 1. The number of hydrogen-bond donors (Lipinski definition) is 1. The predicted molar refractivity (Wildman–Crippen MR) is 86.2 cm³/mol. The first-order valence-electron chi connectivity index (χ1n) is 6.35. The molecule has 0 bridgehead atoms. The van der Waals surface area contributed by atoms with Gasteiger partial charge in [0.05, 0.1) is 13.5 Å². The highest BCUT2D eigenvalue weighted by atomic mass is 79.9. The molecule has 2 aromatic rings. The summed E-state index contributed by atoms with van der Waals surface area (Å²) < 4.78 is 32.4. The zero-order valence-electron chi connectivity index (χ0n) is 11.7. The predicted octanol–water partition coefficient (Wildman–Crippen LogP) is 2.51. The maximum absolute atomic E-state index is 12.2. The summed E-state index contributed by atoms with van der Waals surface area (Å²) in [5, 5.41) is 0. The Morgan fingerprint density at radius 3 is 2.41 bits per heavy atom. The van der Waals surface area contributed by atoms with Crippen molar-refractivity contribution in [1.29, 1.82) is 0 Å². The average Bonchev–Trinajstić information content (AvgIpc) is 2.49. The van der Waals surface area contributed by atoms with Gasteiger partial charge in [-0.15, -0.1) is 0 Å². The lowest BCUT2D eigenvalue weighted by Gasteiger charge is -2.10. The average molecular weight is 384 g/mol. The first-order valence-corrected chi connectivity index (χ1v) is 8.63. The molecular weight excluding hydrogens is 370 g/mol. The van der Waals surface area contributed by atoms with Crippen LogP contribution in [-0.4, -0.2) is 21.4 Å². The van der Waals surface area contributed by atoms with E-state index in [9.17, 15) is 13.2 Å². The number of rotatable bonds is 5. The van der Waals surface area contributed by atoms with Crippen molar-refractivity contribution in [3.8, 4) is 5.75 Å². The van der Waals surface area contributed by atoms with Crippen LogP contribution in [0.1, 0.15) is 5.56 Å². The summed E-state index contributed by atoms with van der Waals surface area (Å²) in [7, 11) is -2.59. The Kier molecular flexibility index (Phi) is 5.20. The molecule has 0 heterocycles. The molecule has 7 heteroatoms. The summed E-state index contributed by atoms with van der Waals surface area (Å²) in [5.74, 6) is -0.417. The number of sulfonamides is 1. The van der Waals surface area contributed by atoms with E-state index in [0.29, 0.717) is 0 Å². The van der Waals surface area contributed by atoms with Gasteiger partial charge in [-0.2, -0.15) is 0 Å². The van der Waals surface area contributed by atoms with Gasteiger partial charge in [-0.3, -0.25) is 4.79 Å². The quantitative estimate of drug-likeness (QED) is 0.860. The van der Waals surface area contributed by atoms with Gasteiger partial charge >= 0.3 is 0 Å². The molecule has 0 fully saturated rings. The number of nitrogens with one attached hydrogen (secondary N) is 1. The maximum atomic E-state index is 12.2. The van der Waals surface area contributed by atoms with Crippen molar-refractivity contribution in [2.75, 3.05) is 7.11 Å². The zero-order valence-corrected chi connectivity index (χ0v) is 14.1. The lowest BCUT2D eigenvalue weighted by molar-refractivity contribution is -0.118. The highest BCUT2D eigenvalue weighted by Gasteiger charge is 2.21. The van der Waals surface area contributed by atoms with Crippen molar-refractivity contribution in [2.45, 2.75) is 11.3 Å². The normalized spacial score (nSPS) is 11.0. The zero-order chi connectivity index (χ0) is 16.2. The van der Waals surface area contributed by atoms with E-state index in [2.05, 4.69) is 20.7 Å². The van der Waals surface area contributed by atoms with Gasteiger partial charge in [-0.1, -0.05) is 40.2 Å². The number of benzene rings is 2. The molecule has 0 unspecified atom stereocenters. The third kappa shape index (κ3) is 4.08. The second-order valence-corrected chi connectivity index (χ2v) is 7.05. The van der Waals surface area contributed by atoms with Gasteiger partial charge in [0.2, 0.25) is 5.91 Å². The van der Waals surface area contributed by atoms with Gasteiger partial charge in [-0.25, -0.2) is 13.1 Å². The van der Waals surface area contributed by atoms with Crippen molar-refractivity contribution < 1.29 is 17.9 Å². The monoisotopic (exact) mass is 383 g/mol. The van der Waals surface area contributed by atoms with E-state index in [1.54, 1.807) is 36.4 Å². The number of ether oxygens (including phenoxy) is 1.